The molecule has 0 radical (unpaired) electrons. The van der Waals surface area contributed by atoms with Crippen molar-refractivity contribution in [2.75, 3.05) is 18.0 Å². The highest BCUT2D eigenvalue weighted by molar-refractivity contribution is 5.61. The number of benzene rings is 1. The first-order valence-electron chi connectivity index (χ1n) is 5.14. The predicted molar refractivity (Wildman–Crippen MR) is 58.7 cm³/mol. The van der Waals surface area contributed by atoms with Crippen LogP contribution < -0.4 is 4.90 Å². The van der Waals surface area contributed by atoms with E-state index in [0.717, 1.165) is 24.2 Å². The second kappa shape index (κ2) is 3.92. The number of hydrogen-bond donors (Lipinski definition) is 1. The molecule has 2 rings (SSSR count). The number of nitrogens with zero attached hydrogens (tertiary/aromatic N) is 2. The van der Waals surface area contributed by atoms with E-state index in [2.05, 4.69) is 11.0 Å². The van der Waals surface area contributed by atoms with Gasteiger partial charge >= 0.3 is 0 Å². The first kappa shape index (κ1) is 10.0. The van der Waals surface area contributed by atoms with E-state index in [4.69, 9.17) is 5.26 Å². The van der Waals surface area contributed by atoms with Crippen molar-refractivity contribution < 1.29 is 5.11 Å². The number of aliphatic hydroxyl groups excluding tert-OH is 1. The van der Waals surface area contributed by atoms with E-state index in [1.807, 2.05) is 25.1 Å². The fraction of sp³-hybridized carbons (Fsp3) is 0.417. The van der Waals surface area contributed by atoms with Gasteiger partial charge < -0.3 is 10.0 Å². The number of nitriles is 1. The van der Waals surface area contributed by atoms with E-state index in [0.29, 0.717) is 12.1 Å². The summed E-state index contributed by atoms with van der Waals surface area (Å²) in [6.07, 6.45) is 0.538. The Morgan fingerprint density at radius 3 is 2.93 bits per heavy atom. The Hall–Kier alpha value is -1.53. The molecule has 0 aromatic heterocycles. The molecule has 3 nitrogen and oxygen atoms in total. The Bertz CT molecular complexity index is 409. The molecule has 1 heterocycles. The monoisotopic (exact) mass is 202 g/mol. The lowest BCUT2D eigenvalue weighted by molar-refractivity contribution is 0.198. The topological polar surface area (TPSA) is 47.3 Å². The van der Waals surface area contributed by atoms with Crippen LogP contribution >= 0.6 is 0 Å². The number of aliphatic hydroxyl groups is 1. The minimum atomic E-state index is -0.253. The summed E-state index contributed by atoms with van der Waals surface area (Å²) in [6, 6.07) is 7.98. The average Bonchev–Trinajstić information content (AvgIpc) is 2.65. The summed E-state index contributed by atoms with van der Waals surface area (Å²) >= 11 is 0. The lowest BCUT2D eigenvalue weighted by Crippen LogP contribution is -2.22. The van der Waals surface area contributed by atoms with Gasteiger partial charge in [-0.1, -0.05) is 6.07 Å². The molecule has 0 aliphatic carbocycles. The van der Waals surface area contributed by atoms with Crippen LogP contribution in [0.4, 0.5) is 5.69 Å². The van der Waals surface area contributed by atoms with Gasteiger partial charge in [0.25, 0.3) is 0 Å². The minimum Gasteiger partial charge on any atom is -0.391 e. The second-order valence-electron chi connectivity index (χ2n) is 4.02. The zero-order valence-electron chi connectivity index (χ0n) is 8.77. The van der Waals surface area contributed by atoms with Crippen molar-refractivity contribution in [1.82, 2.24) is 0 Å². The van der Waals surface area contributed by atoms with Gasteiger partial charge in [-0.2, -0.15) is 5.26 Å². The Morgan fingerprint density at radius 2 is 2.33 bits per heavy atom. The Morgan fingerprint density at radius 1 is 1.53 bits per heavy atom. The van der Waals surface area contributed by atoms with Crippen LogP contribution in [-0.2, 0) is 0 Å². The lowest BCUT2D eigenvalue weighted by atomic mass is 10.1. The van der Waals surface area contributed by atoms with Gasteiger partial charge in [0, 0.05) is 13.1 Å². The summed E-state index contributed by atoms with van der Waals surface area (Å²) in [5.74, 6) is 0. The van der Waals surface area contributed by atoms with E-state index in [1.165, 1.54) is 0 Å². The van der Waals surface area contributed by atoms with Crippen LogP contribution in [0.5, 0.6) is 0 Å². The largest absolute Gasteiger partial charge is 0.391 e. The van der Waals surface area contributed by atoms with Crippen molar-refractivity contribution in [3.63, 3.8) is 0 Å². The SMILES string of the molecule is Cc1ccc(C#N)c(N2CCC(O)C2)c1. The summed E-state index contributed by atoms with van der Waals surface area (Å²) in [5.41, 5.74) is 2.79. The first-order chi connectivity index (χ1) is 7.20. The van der Waals surface area contributed by atoms with Gasteiger partial charge in [-0.05, 0) is 31.0 Å². The van der Waals surface area contributed by atoms with E-state index in [1.54, 1.807) is 0 Å². The van der Waals surface area contributed by atoms with Crippen LogP contribution in [0.2, 0.25) is 0 Å². The molecule has 0 spiro atoms. The number of aryl methyl sites for hydroxylation is 1. The van der Waals surface area contributed by atoms with Crippen molar-refractivity contribution >= 4 is 5.69 Å². The molecule has 0 saturated carbocycles. The lowest BCUT2D eigenvalue weighted by Gasteiger charge is -2.19. The fourth-order valence-corrected chi connectivity index (χ4v) is 1.96. The molecule has 1 aliphatic heterocycles. The van der Waals surface area contributed by atoms with Crippen LogP contribution in [0.25, 0.3) is 0 Å². The van der Waals surface area contributed by atoms with Crippen molar-refractivity contribution in [2.45, 2.75) is 19.4 Å². The van der Waals surface area contributed by atoms with E-state index >= 15 is 0 Å². The Kier molecular flexibility index (Phi) is 2.61. The molecule has 0 amide bonds. The Labute approximate surface area is 89.6 Å². The standard InChI is InChI=1S/C12H14N2O/c1-9-2-3-10(7-13)12(6-9)14-5-4-11(15)8-14/h2-3,6,11,15H,4-5,8H2,1H3. The van der Waals surface area contributed by atoms with Gasteiger partial charge in [0.1, 0.15) is 6.07 Å². The van der Waals surface area contributed by atoms with Crippen LogP contribution in [-0.4, -0.2) is 24.3 Å². The maximum atomic E-state index is 9.47. The van der Waals surface area contributed by atoms with Gasteiger partial charge in [-0.25, -0.2) is 0 Å². The maximum absolute atomic E-state index is 9.47. The molecule has 1 atom stereocenters. The normalized spacial score (nSPS) is 20.3. The molecule has 0 bridgehead atoms. The van der Waals surface area contributed by atoms with E-state index < -0.39 is 0 Å². The summed E-state index contributed by atoms with van der Waals surface area (Å²) in [7, 11) is 0. The summed E-state index contributed by atoms with van der Waals surface area (Å²) in [5, 5.41) is 18.5. The number of anilines is 1. The third kappa shape index (κ3) is 1.95. The summed E-state index contributed by atoms with van der Waals surface area (Å²) in [4.78, 5) is 2.08. The predicted octanol–water partition coefficient (Wildman–Crippen LogP) is 1.44. The molecule has 1 aromatic carbocycles. The minimum absolute atomic E-state index is 0.253. The van der Waals surface area contributed by atoms with Crippen LogP contribution in [0.1, 0.15) is 17.5 Å². The smallest absolute Gasteiger partial charge is 0.101 e. The number of β-amino-alcohol motifs (C(OH)–C–C–N with tert-alkyl or cyclic N) is 1. The highest BCUT2D eigenvalue weighted by Crippen LogP contribution is 2.25. The number of hydrogen-bond acceptors (Lipinski definition) is 3. The molecule has 15 heavy (non-hydrogen) atoms. The Balaban J connectivity index is 2.34. The third-order valence-electron chi connectivity index (χ3n) is 2.78. The van der Waals surface area contributed by atoms with Crippen molar-refractivity contribution in [3.8, 4) is 6.07 Å². The van der Waals surface area contributed by atoms with E-state index in [-0.39, 0.29) is 6.10 Å². The molecule has 1 aromatic rings. The zero-order valence-corrected chi connectivity index (χ0v) is 8.77. The molecule has 1 unspecified atom stereocenters. The highest BCUT2D eigenvalue weighted by Gasteiger charge is 2.22. The van der Waals surface area contributed by atoms with Crippen molar-refractivity contribution in [2.24, 2.45) is 0 Å². The second-order valence-corrected chi connectivity index (χ2v) is 4.02. The quantitative estimate of drug-likeness (QED) is 0.749. The van der Waals surface area contributed by atoms with E-state index in [9.17, 15) is 5.11 Å². The molecule has 1 aliphatic rings. The van der Waals surface area contributed by atoms with Gasteiger partial charge in [-0.15, -0.1) is 0 Å². The number of rotatable bonds is 1. The summed E-state index contributed by atoms with van der Waals surface area (Å²) < 4.78 is 0. The highest BCUT2D eigenvalue weighted by atomic mass is 16.3. The van der Waals surface area contributed by atoms with Gasteiger partial charge in [0.05, 0.1) is 17.4 Å². The van der Waals surface area contributed by atoms with Crippen LogP contribution in [0.3, 0.4) is 0 Å². The maximum Gasteiger partial charge on any atom is 0.101 e. The molecule has 3 heteroatoms. The molecule has 1 N–H and O–H groups in total. The van der Waals surface area contributed by atoms with Crippen molar-refractivity contribution in [1.29, 1.82) is 5.26 Å². The first-order valence-corrected chi connectivity index (χ1v) is 5.14. The summed E-state index contributed by atoms with van der Waals surface area (Å²) in [6.45, 7) is 3.48. The van der Waals surface area contributed by atoms with Crippen molar-refractivity contribution in [3.05, 3.63) is 29.3 Å². The molecule has 1 fully saturated rings. The fourth-order valence-electron chi connectivity index (χ4n) is 1.96. The van der Waals surface area contributed by atoms with Gasteiger partial charge in [0.2, 0.25) is 0 Å². The van der Waals surface area contributed by atoms with Gasteiger partial charge in [0.15, 0.2) is 0 Å². The van der Waals surface area contributed by atoms with Crippen LogP contribution in [0.15, 0.2) is 18.2 Å². The molecule has 78 valence electrons. The zero-order chi connectivity index (χ0) is 10.8. The molecular formula is C12H14N2O. The third-order valence-corrected chi connectivity index (χ3v) is 2.78. The van der Waals surface area contributed by atoms with Crippen LogP contribution in [0, 0.1) is 18.3 Å². The molecular weight excluding hydrogens is 188 g/mol. The average molecular weight is 202 g/mol. The molecule has 1 saturated heterocycles. The van der Waals surface area contributed by atoms with Gasteiger partial charge in [-0.3, -0.25) is 0 Å².